The molecular formula is C23H24ClF4N3O2S. The van der Waals surface area contributed by atoms with E-state index in [1.165, 1.54) is 25.0 Å². The number of benzene rings is 1. The average Bonchev–Trinajstić information content (AvgIpc) is 3.64. The van der Waals surface area contributed by atoms with Crippen molar-refractivity contribution in [1.29, 1.82) is 0 Å². The lowest BCUT2D eigenvalue weighted by molar-refractivity contribution is -0.137. The fourth-order valence-corrected chi connectivity index (χ4v) is 3.92. The molecule has 3 aliphatic rings. The molecule has 1 aromatic carbocycles. The Bertz CT molecular complexity index is 1070. The molecule has 1 amide bonds. The number of amides is 1. The highest BCUT2D eigenvalue weighted by atomic mass is 35.5. The van der Waals surface area contributed by atoms with Gasteiger partial charge in [-0.2, -0.15) is 25.8 Å². The second-order valence-corrected chi connectivity index (χ2v) is 9.98. The van der Waals surface area contributed by atoms with Gasteiger partial charge in [0.15, 0.2) is 0 Å². The van der Waals surface area contributed by atoms with Crippen molar-refractivity contribution in [3.63, 3.8) is 0 Å². The number of carbonyl (C=O) groups excluding carboxylic acids is 1. The maximum absolute atomic E-state index is 14.1. The van der Waals surface area contributed by atoms with Crippen molar-refractivity contribution < 1.29 is 27.1 Å². The van der Waals surface area contributed by atoms with Crippen LogP contribution in [0.2, 0.25) is 5.02 Å². The van der Waals surface area contributed by atoms with Gasteiger partial charge in [-0.15, -0.1) is 0 Å². The fourth-order valence-electron chi connectivity index (χ4n) is 3.56. The van der Waals surface area contributed by atoms with Crippen LogP contribution in [-0.4, -0.2) is 35.8 Å². The standard InChI is InChI=1S/C20H18ClF4N3O2.C3H6S/c21-15-6-27-18(4-14(15)20(23,24)25)28-7-10(8-28)9-30-17-5-16(22)13(19(26)29)3-12(17)11-1-2-11;4-3-1-2-3/h3-6,10-11H,1-2,7-9H2,(H2,26,29);3-4H,1-2H2. The number of nitrogens with two attached hydrogens (primary N) is 1. The van der Waals surface area contributed by atoms with Crippen molar-refractivity contribution in [3.8, 4) is 5.75 Å². The number of rotatable bonds is 6. The minimum Gasteiger partial charge on any atom is -0.493 e. The Morgan fingerprint density at radius 3 is 2.38 bits per heavy atom. The number of ether oxygens (including phenoxy) is 1. The molecule has 0 radical (unpaired) electrons. The number of primary amides is 1. The second-order valence-electron chi connectivity index (χ2n) is 8.84. The Hall–Kier alpha value is -2.20. The summed E-state index contributed by atoms with van der Waals surface area (Å²) in [6.07, 6.45) is 1.01. The number of pyridine rings is 1. The van der Waals surface area contributed by atoms with Crippen LogP contribution in [0.1, 0.15) is 53.1 Å². The van der Waals surface area contributed by atoms with E-state index in [4.69, 9.17) is 22.1 Å². The first-order chi connectivity index (χ1) is 16.0. The van der Waals surface area contributed by atoms with Crippen LogP contribution < -0.4 is 15.4 Å². The van der Waals surface area contributed by atoms with Gasteiger partial charge < -0.3 is 15.4 Å². The summed E-state index contributed by atoms with van der Waals surface area (Å²) in [4.78, 5) is 17.0. The first kappa shape index (κ1) is 24.9. The zero-order valence-electron chi connectivity index (χ0n) is 18.1. The van der Waals surface area contributed by atoms with Gasteiger partial charge in [-0.05, 0) is 49.3 Å². The number of hydrogen-bond donors (Lipinski definition) is 2. The molecule has 1 aliphatic heterocycles. The molecule has 0 spiro atoms. The minimum absolute atomic E-state index is 0.0442. The molecule has 0 bridgehead atoms. The molecule has 2 N–H and O–H groups in total. The van der Waals surface area contributed by atoms with Crippen LogP contribution in [0.3, 0.4) is 0 Å². The molecule has 3 fully saturated rings. The van der Waals surface area contributed by atoms with Gasteiger partial charge in [-0.25, -0.2) is 9.37 Å². The number of anilines is 1. The first-order valence-corrected chi connectivity index (χ1v) is 11.8. The maximum atomic E-state index is 14.1. The molecule has 184 valence electrons. The van der Waals surface area contributed by atoms with Crippen LogP contribution in [-0.2, 0) is 6.18 Å². The molecule has 5 rings (SSSR count). The number of nitrogens with zero attached hydrogens (tertiary/aromatic N) is 2. The molecule has 0 atom stereocenters. The molecule has 2 heterocycles. The van der Waals surface area contributed by atoms with Crippen LogP contribution >= 0.6 is 24.2 Å². The lowest BCUT2D eigenvalue weighted by Gasteiger charge is -2.40. The second kappa shape index (κ2) is 9.81. The summed E-state index contributed by atoms with van der Waals surface area (Å²) in [5.74, 6) is -0.731. The highest BCUT2D eigenvalue weighted by Gasteiger charge is 2.36. The Morgan fingerprint density at radius 1 is 1.21 bits per heavy atom. The van der Waals surface area contributed by atoms with Crippen LogP contribution in [0, 0.1) is 11.7 Å². The monoisotopic (exact) mass is 517 g/mol. The van der Waals surface area contributed by atoms with E-state index in [0.717, 1.165) is 35.9 Å². The molecule has 1 saturated heterocycles. The Morgan fingerprint density at radius 2 is 1.85 bits per heavy atom. The third kappa shape index (κ3) is 6.07. The van der Waals surface area contributed by atoms with Crippen LogP contribution in [0.25, 0.3) is 0 Å². The maximum Gasteiger partial charge on any atom is 0.418 e. The number of hydrogen-bond acceptors (Lipinski definition) is 5. The van der Waals surface area contributed by atoms with E-state index in [1.54, 1.807) is 4.90 Å². The van der Waals surface area contributed by atoms with Gasteiger partial charge in [0.1, 0.15) is 17.4 Å². The zero-order chi connectivity index (χ0) is 24.6. The van der Waals surface area contributed by atoms with Gasteiger partial charge >= 0.3 is 6.18 Å². The SMILES string of the molecule is NC(=O)c1cc(C2CC2)c(OCC2CN(c3cc(C(F)(F)F)c(Cl)cn3)C2)cc1F.SC1CC1. The van der Waals surface area contributed by atoms with E-state index < -0.39 is 28.5 Å². The van der Waals surface area contributed by atoms with Gasteiger partial charge in [0, 0.05) is 36.5 Å². The summed E-state index contributed by atoms with van der Waals surface area (Å²) < 4.78 is 59.0. The van der Waals surface area contributed by atoms with E-state index in [2.05, 4.69) is 17.6 Å². The minimum atomic E-state index is -4.55. The summed E-state index contributed by atoms with van der Waals surface area (Å²) in [5, 5.41) is 0.334. The Labute approximate surface area is 205 Å². The van der Waals surface area contributed by atoms with Crippen molar-refractivity contribution in [2.75, 3.05) is 24.6 Å². The van der Waals surface area contributed by atoms with E-state index in [-0.39, 0.29) is 29.8 Å². The zero-order valence-corrected chi connectivity index (χ0v) is 19.8. The number of aromatic nitrogens is 1. The predicted octanol–water partition coefficient (Wildman–Crippen LogP) is 5.46. The molecule has 34 heavy (non-hydrogen) atoms. The van der Waals surface area contributed by atoms with Gasteiger partial charge in [0.05, 0.1) is 22.8 Å². The number of alkyl halides is 3. The summed E-state index contributed by atoms with van der Waals surface area (Å²) in [6, 6.07) is 3.57. The normalized spacial score (nSPS) is 18.1. The Balaban J connectivity index is 0.000000620. The van der Waals surface area contributed by atoms with E-state index in [0.29, 0.717) is 18.8 Å². The third-order valence-electron chi connectivity index (χ3n) is 5.83. The average molecular weight is 518 g/mol. The molecule has 5 nitrogen and oxygen atoms in total. The van der Waals surface area contributed by atoms with Crippen LogP contribution in [0.15, 0.2) is 24.4 Å². The summed E-state index contributed by atoms with van der Waals surface area (Å²) in [7, 11) is 0. The van der Waals surface area contributed by atoms with Crippen molar-refractivity contribution >= 4 is 36.0 Å². The molecule has 11 heteroatoms. The smallest absolute Gasteiger partial charge is 0.418 e. The number of thiol groups is 1. The van der Waals surface area contributed by atoms with Crippen LogP contribution in [0.4, 0.5) is 23.4 Å². The molecular weight excluding hydrogens is 494 g/mol. The quantitative estimate of drug-likeness (QED) is 0.394. The molecule has 2 aliphatic carbocycles. The van der Waals surface area contributed by atoms with E-state index in [9.17, 15) is 22.4 Å². The summed E-state index contributed by atoms with van der Waals surface area (Å²) in [5.41, 5.74) is 4.89. The number of halogens is 5. The largest absolute Gasteiger partial charge is 0.493 e. The lowest BCUT2D eigenvalue weighted by Crippen LogP contribution is -2.49. The van der Waals surface area contributed by atoms with Gasteiger partial charge in [0.2, 0.25) is 0 Å². The molecule has 1 aromatic heterocycles. The van der Waals surface area contributed by atoms with Gasteiger partial charge in [-0.1, -0.05) is 11.6 Å². The first-order valence-electron chi connectivity index (χ1n) is 10.9. The van der Waals surface area contributed by atoms with E-state index in [1.807, 2.05) is 0 Å². The Kier molecular flexibility index (Phi) is 7.19. The fraction of sp³-hybridized carbons (Fsp3) is 0.478. The highest BCUT2D eigenvalue weighted by Crippen LogP contribution is 2.45. The third-order valence-corrected chi connectivity index (χ3v) is 6.65. The van der Waals surface area contributed by atoms with E-state index >= 15 is 0 Å². The number of carbonyl (C=O) groups is 1. The van der Waals surface area contributed by atoms with Crippen molar-refractivity contribution in [3.05, 3.63) is 51.9 Å². The van der Waals surface area contributed by atoms with Gasteiger partial charge in [-0.3, -0.25) is 4.79 Å². The van der Waals surface area contributed by atoms with Crippen molar-refractivity contribution in [2.24, 2.45) is 11.7 Å². The predicted molar refractivity (Wildman–Crippen MR) is 124 cm³/mol. The van der Waals surface area contributed by atoms with Crippen molar-refractivity contribution in [2.45, 2.75) is 43.0 Å². The van der Waals surface area contributed by atoms with Crippen molar-refractivity contribution in [1.82, 2.24) is 4.98 Å². The lowest BCUT2D eigenvalue weighted by atomic mass is 10.0. The highest BCUT2D eigenvalue weighted by molar-refractivity contribution is 7.81. The topological polar surface area (TPSA) is 68.5 Å². The molecule has 0 unspecified atom stereocenters. The summed E-state index contributed by atoms with van der Waals surface area (Å²) in [6.45, 7) is 1.17. The molecule has 2 saturated carbocycles. The van der Waals surface area contributed by atoms with Crippen LogP contribution in [0.5, 0.6) is 5.75 Å². The summed E-state index contributed by atoms with van der Waals surface area (Å²) >= 11 is 9.68. The van der Waals surface area contributed by atoms with Gasteiger partial charge in [0.25, 0.3) is 5.91 Å². The molecule has 2 aromatic rings.